The van der Waals surface area contributed by atoms with Crippen LogP contribution in [0.1, 0.15) is 23.0 Å². The molecule has 2 aromatic rings. The van der Waals surface area contributed by atoms with Crippen molar-refractivity contribution in [1.82, 2.24) is 20.8 Å². The van der Waals surface area contributed by atoms with E-state index in [0.29, 0.717) is 6.54 Å². The summed E-state index contributed by atoms with van der Waals surface area (Å²) >= 11 is 0. The Hall–Kier alpha value is -2.45. The zero-order valence-corrected chi connectivity index (χ0v) is 12.5. The van der Waals surface area contributed by atoms with Crippen LogP contribution >= 0.6 is 0 Å². The lowest BCUT2D eigenvalue weighted by Crippen LogP contribution is -2.24. The highest BCUT2D eigenvalue weighted by Crippen LogP contribution is 2.28. The van der Waals surface area contributed by atoms with E-state index in [9.17, 15) is 18.0 Å². The monoisotopic (exact) mass is 336 g/mol. The van der Waals surface area contributed by atoms with Crippen LogP contribution in [0.4, 0.5) is 13.2 Å². The number of halogens is 3. The summed E-state index contributed by atoms with van der Waals surface area (Å²) in [5, 5.41) is 0. The Morgan fingerprint density at radius 1 is 1.21 bits per heavy atom. The van der Waals surface area contributed by atoms with Gasteiger partial charge in [0.1, 0.15) is 5.69 Å². The van der Waals surface area contributed by atoms with Crippen LogP contribution in [0, 0.1) is 5.92 Å². The summed E-state index contributed by atoms with van der Waals surface area (Å²) < 4.78 is 38.2. The number of alkyl halides is 3. The molecule has 1 aromatic carbocycles. The Bertz CT molecular complexity index is 786. The molecule has 126 valence electrons. The number of hydrogen-bond donors (Lipinski definition) is 3. The van der Waals surface area contributed by atoms with Gasteiger partial charge in [0.25, 0.3) is 0 Å². The van der Waals surface area contributed by atoms with Crippen LogP contribution in [0.5, 0.6) is 0 Å². The van der Waals surface area contributed by atoms with Crippen LogP contribution in [-0.2, 0) is 6.18 Å². The summed E-state index contributed by atoms with van der Waals surface area (Å²) in [4.78, 5) is 16.6. The lowest BCUT2D eigenvalue weighted by molar-refractivity contribution is -0.141. The molecule has 0 saturated carbocycles. The minimum Gasteiger partial charge on any atom is -0.302 e. The van der Waals surface area contributed by atoms with E-state index in [0.717, 1.165) is 11.6 Å². The predicted molar refractivity (Wildman–Crippen MR) is 82.7 cm³/mol. The highest BCUT2D eigenvalue weighted by molar-refractivity contribution is 5.46. The molecule has 3 N–H and O–H groups in total. The van der Waals surface area contributed by atoms with E-state index in [2.05, 4.69) is 15.8 Å². The molecule has 0 spiro atoms. The van der Waals surface area contributed by atoms with Crippen molar-refractivity contribution in [3.63, 3.8) is 0 Å². The van der Waals surface area contributed by atoms with Gasteiger partial charge < -0.3 is 4.98 Å². The number of H-pyrrole nitrogens is 1. The van der Waals surface area contributed by atoms with Crippen molar-refractivity contribution in [3.8, 4) is 0 Å². The van der Waals surface area contributed by atoms with E-state index in [-0.39, 0.29) is 17.7 Å². The maximum absolute atomic E-state index is 12.7. The van der Waals surface area contributed by atoms with Crippen LogP contribution < -0.4 is 16.5 Å². The topological polar surface area (TPSA) is 69.8 Å². The molecule has 1 aromatic heterocycles. The van der Waals surface area contributed by atoms with Gasteiger partial charge in [-0.05, 0) is 17.7 Å². The maximum Gasteiger partial charge on any atom is 0.431 e. The fraction of sp³-hybridized carbons (Fsp3) is 0.250. The highest BCUT2D eigenvalue weighted by atomic mass is 19.4. The van der Waals surface area contributed by atoms with Crippen molar-refractivity contribution in [2.75, 3.05) is 6.54 Å². The second-order valence-electron chi connectivity index (χ2n) is 5.46. The normalized spacial score (nSPS) is 21.5. The molecule has 1 fully saturated rings. The molecule has 0 aliphatic carbocycles. The van der Waals surface area contributed by atoms with Gasteiger partial charge in [-0.2, -0.15) is 18.2 Å². The average Bonchev–Trinajstić information content (AvgIpc) is 3.01. The number of hydrogen-bond acceptors (Lipinski definition) is 4. The van der Waals surface area contributed by atoms with Gasteiger partial charge in [-0.3, -0.25) is 5.43 Å². The van der Waals surface area contributed by atoms with E-state index >= 15 is 0 Å². The van der Waals surface area contributed by atoms with Crippen molar-refractivity contribution in [1.29, 1.82) is 0 Å². The SMILES string of the molecule is O=c1nc(/C=C/C2CNNC2c2ccccc2)cc(C(F)(F)F)[nH]1. The molecule has 1 aliphatic heterocycles. The smallest absolute Gasteiger partial charge is 0.302 e. The first-order valence-corrected chi connectivity index (χ1v) is 7.33. The minimum absolute atomic E-state index is 0.00784. The van der Waals surface area contributed by atoms with Crippen LogP contribution in [0.2, 0.25) is 0 Å². The predicted octanol–water partition coefficient (Wildman–Crippen LogP) is 2.27. The van der Waals surface area contributed by atoms with Gasteiger partial charge in [-0.25, -0.2) is 10.2 Å². The average molecular weight is 336 g/mol. The Balaban J connectivity index is 1.83. The summed E-state index contributed by atoms with van der Waals surface area (Å²) in [6.45, 7) is 0.616. The largest absolute Gasteiger partial charge is 0.431 e. The number of nitrogens with one attached hydrogen (secondary N) is 3. The molecule has 0 amide bonds. The lowest BCUT2D eigenvalue weighted by atomic mass is 9.94. The summed E-state index contributed by atoms with van der Waals surface area (Å²) in [5.41, 5.74) is 5.08. The summed E-state index contributed by atoms with van der Waals surface area (Å²) in [6.07, 6.45) is -1.42. The Labute approximate surface area is 135 Å². The Morgan fingerprint density at radius 2 is 1.96 bits per heavy atom. The molecule has 8 heteroatoms. The molecule has 2 heterocycles. The standard InChI is InChI=1S/C16H15F3N4O/c17-16(18,19)13-8-12(21-15(24)22-13)7-6-11-9-20-23-14(11)10-4-2-1-3-5-10/h1-8,11,14,20,23H,9H2,(H,21,22,24)/b7-6+. The van der Waals surface area contributed by atoms with Crippen molar-refractivity contribution in [2.45, 2.75) is 12.2 Å². The number of hydrazine groups is 1. The molecule has 2 atom stereocenters. The number of aromatic nitrogens is 2. The second-order valence-corrected chi connectivity index (χ2v) is 5.46. The van der Waals surface area contributed by atoms with Crippen molar-refractivity contribution < 1.29 is 13.2 Å². The summed E-state index contributed by atoms with van der Waals surface area (Å²) in [5.74, 6) is 0.0165. The first-order valence-electron chi connectivity index (χ1n) is 7.33. The van der Waals surface area contributed by atoms with Crippen molar-refractivity contribution in [2.24, 2.45) is 5.92 Å². The van der Waals surface area contributed by atoms with E-state index in [1.165, 1.54) is 6.08 Å². The number of benzene rings is 1. The number of aromatic amines is 1. The van der Waals surface area contributed by atoms with Gasteiger partial charge in [0, 0.05) is 12.5 Å². The third-order valence-electron chi connectivity index (χ3n) is 3.77. The minimum atomic E-state index is -4.62. The van der Waals surface area contributed by atoms with E-state index < -0.39 is 17.6 Å². The lowest BCUT2D eigenvalue weighted by Gasteiger charge is -2.15. The molecule has 0 bridgehead atoms. The van der Waals surface area contributed by atoms with Gasteiger partial charge in [-0.1, -0.05) is 36.4 Å². The molecule has 5 nitrogen and oxygen atoms in total. The first-order chi connectivity index (χ1) is 11.4. The van der Waals surface area contributed by atoms with Crippen molar-refractivity contribution in [3.05, 3.63) is 69.9 Å². The molecular formula is C16H15F3N4O. The van der Waals surface area contributed by atoms with Crippen molar-refractivity contribution >= 4 is 6.08 Å². The van der Waals surface area contributed by atoms with Gasteiger partial charge in [0.15, 0.2) is 0 Å². The molecule has 1 saturated heterocycles. The zero-order valence-electron chi connectivity index (χ0n) is 12.5. The van der Waals surface area contributed by atoms with Gasteiger partial charge >= 0.3 is 11.9 Å². The highest BCUT2D eigenvalue weighted by Gasteiger charge is 2.32. The summed E-state index contributed by atoms with van der Waals surface area (Å²) in [6, 6.07) is 10.5. The zero-order chi connectivity index (χ0) is 17.2. The Kier molecular flexibility index (Phi) is 4.50. The van der Waals surface area contributed by atoms with Gasteiger partial charge in [0.2, 0.25) is 0 Å². The maximum atomic E-state index is 12.7. The van der Waals surface area contributed by atoms with Crippen LogP contribution in [0.25, 0.3) is 6.08 Å². The summed E-state index contributed by atoms with van der Waals surface area (Å²) in [7, 11) is 0. The molecule has 2 unspecified atom stereocenters. The van der Waals surface area contributed by atoms with Crippen LogP contribution in [0.3, 0.4) is 0 Å². The fourth-order valence-corrected chi connectivity index (χ4v) is 2.62. The Morgan fingerprint density at radius 3 is 2.67 bits per heavy atom. The van der Waals surface area contributed by atoms with Gasteiger partial charge in [0.05, 0.1) is 11.7 Å². The van der Waals surface area contributed by atoms with E-state index in [1.54, 1.807) is 11.1 Å². The molecule has 3 rings (SSSR count). The molecular weight excluding hydrogens is 321 g/mol. The third kappa shape index (κ3) is 3.72. The molecule has 0 radical (unpaired) electrons. The first kappa shape index (κ1) is 16.4. The molecule has 1 aliphatic rings. The van der Waals surface area contributed by atoms with E-state index in [4.69, 9.17) is 0 Å². The van der Waals surface area contributed by atoms with E-state index in [1.807, 2.05) is 30.3 Å². The molecule has 24 heavy (non-hydrogen) atoms. The fourth-order valence-electron chi connectivity index (χ4n) is 2.62. The number of rotatable bonds is 3. The van der Waals surface area contributed by atoms with Crippen LogP contribution in [-0.4, -0.2) is 16.5 Å². The van der Waals surface area contributed by atoms with Gasteiger partial charge in [-0.15, -0.1) is 0 Å². The quantitative estimate of drug-likeness (QED) is 0.804. The third-order valence-corrected chi connectivity index (χ3v) is 3.77. The second kappa shape index (κ2) is 6.58. The van der Waals surface area contributed by atoms with Crippen LogP contribution in [0.15, 0.2) is 47.3 Å². The number of nitrogens with zero attached hydrogens (tertiary/aromatic N) is 1.